The average Bonchev–Trinajstić information content (AvgIpc) is 2.69. The Morgan fingerprint density at radius 3 is 2.70 bits per heavy atom. The Balaban J connectivity index is 1.52. The molecule has 138 valence electrons. The van der Waals surface area contributed by atoms with Crippen molar-refractivity contribution in [3.8, 4) is 5.75 Å². The first-order chi connectivity index (χ1) is 13.1. The zero-order valence-corrected chi connectivity index (χ0v) is 14.8. The number of methoxy groups -OCH3 is 1. The van der Waals surface area contributed by atoms with Gasteiger partial charge in [-0.25, -0.2) is 14.4 Å². The number of nitrogens with one attached hydrogen (secondary N) is 2. The Morgan fingerprint density at radius 2 is 1.96 bits per heavy atom. The zero-order valence-electron chi connectivity index (χ0n) is 14.8. The summed E-state index contributed by atoms with van der Waals surface area (Å²) in [7, 11) is 1.62. The second-order valence-corrected chi connectivity index (χ2v) is 5.78. The highest BCUT2D eigenvalue weighted by Gasteiger charge is 2.08. The van der Waals surface area contributed by atoms with Crippen LogP contribution in [0.1, 0.15) is 16.1 Å². The number of halogens is 1. The predicted molar refractivity (Wildman–Crippen MR) is 101 cm³/mol. The molecule has 0 spiro atoms. The number of carbonyl (C=O) groups excluding carboxylic acids is 1. The Kier molecular flexibility index (Phi) is 5.94. The minimum atomic E-state index is -0.347. The van der Waals surface area contributed by atoms with Crippen LogP contribution < -0.4 is 15.4 Å². The SMILES string of the molecule is COc1cccc(CCNC(=O)c2cnc(Nc3cccc(F)c3)cn2)c1. The molecule has 0 unspecified atom stereocenters. The third-order valence-corrected chi connectivity index (χ3v) is 3.81. The van der Waals surface area contributed by atoms with E-state index < -0.39 is 0 Å². The molecule has 0 atom stereocenters. The molecule has 1 heterocycles. The molecule has 0 saturated heterocycles. The van der Waals surface area contributed by atoms with Crippen LogP contribution in [-0.2, 0) is 6.42 Å². The fourth-order valence-electron chi connectivity index (χ4n) is 2.46. The van der Waals surface area contributed by atoms with Crippen LogP contribution in [0.25, 0.3) is 0 Å². The van der Waals surface area contributed by atoms with E-state index in [0.29, 0.717) is 24.5 Å². The number of hydrogen-bond donors (Lipinski definition) is 2. The quantitative estimate of drug-likeness (QED) is 0.671. The smallest absolute Gasteiger partial charge is 0.271 e. The summed E-state index contributed by atoms with van der Waals surface area (Å²) in [4.78, 5) is 20.4. The highest BCUT2D eigenvalue weighted by molar-refractivity contribution is 5.92. The third-order valence-electron chi connectivity index (χ3n) is 3.81. The van der Waals surface area contributed by atoms with Crippen molar-refractivity contribution in [2.45, 2.75) is 6.42 Å². The molecular formula is C20H19FN4O2. The van der Waals surface area contributed by atoms with E-state index in [-0.39, 0.29) is 17.4 Å². The number of anilines is 2. The molecule has 27 heavy (non-hydrogen) atoms. The van der Waals surface area contributed by atoms with E-state index in [1.807, 2.05) is 24.3 Å². The predicted octanol–water partition coefficient (Wildman–Crippen LogP) is 3.34. The molecule has 3 rings (SSSR count). The lowest BCUT2D eigenvalue weighted by atomic mass is 10.1. The molecule has 6 nitrogen and oxygen atoms in total. The van der Waals surface area contributed by atoms with E-state index in [1.54, 1.807) is 19.2 Å². The summed E-state index contributed by atoms with van der Waals surface area (Å²) in [6.45, 7) is 0.469. The van der Waals surface area contributed by atoms with Gasteiger partial charge in [0, 0.05) is 12.2 Å². The number of benzene rings is 2. The minimum Gasteiger partial charge on any atom is -0.497 e. The van der Waals surface area contributed by atoms with Crippen molar-refractivity contribution in [1.82, 2.24) is 15.3 Å². The maximum absolute atomic E-state index is 13.2. The molecule has 0 radical (unpaired) electrons. The largest absolute Gasteiger partial charge is 0.497 e. The fourth-order valence-corrected chi connectivity index (χ4v) is 2.46. The first-order valence-corrected chi connectivity index (χ1v) is 8.40. The van der Waals surface area contributed by atoms with Gasteiger partial charge in [-0.1, -0.05) is 18.2 Å². The molecule has 1 aromatic heterocycles. The Hall–Kier alpha value is -3.48. The van der Waals surface area contributed by atoms with Gasteiger partial charge in [-0.05, 0) is 42.3 Å². The Labute approximate surface area is 156 Å². The first kappa shape index (κ1) is 18.3. The third kappa shape index (κ3) is 5.24. The summed E-state index contributed by atoms with van der Waals surface area (Å²) in [6.07, 6.45) is 3.49. The van der Waals surface area contributed by atoms with Crippen molar-refractivity contribution in [3.05, 3.63) is 78.0 Å². The maximum Gasteiger partial charge on any atom is 0.271 e. The normalized spacial score (nSPS) is 10.3. The molecule has 0 bridgehead atoms. The average molecular weight is 366 g/mol. The number of aromatic nitrogens is 2. The van der Waals surface area contributed by atoms with E-state index in [9.17, 15) is 9.18 Å². The molecule has 7 heteroatoms. The van der Waals surface area contributed by atoms with Gasteiger partial charge in [0.25, 0.3) is 5.91 Å². The van der Waals surface area contributed by atoms with Crippen molar-refractivity contribution in [2.75, 3.05) is 19.0 Å². The molecule has 0 saturated carbocycles. The lowest BCUT2D eigenvalue weighted by Crippen LogP contribution is -2.26. The van der Waals surface area contributed by atoms with Gasteiger partial charge in [0.1, 0.15) is 23.1 Å². The highest BCUT2D eigenvalue weighted by atomic mass is 19.1. The zero-order chi connectivity index (χ0) is 19.1. The number of amides is 1. The summed E-state index contributed by atoms with van der Waals surface area (Å²) in [6, 6.07) is 13.7. The van der Waals surface area contributed by atoms with Crippen LogP contribution in [0.15, 0.2) is 60.9 Å². The summed E-state index contributed by atoms with van der Waals surface area (Å²) in [5, 5.41) is 5.74. The number of hydrogen-bond acceptors (Lipinski definition) is 5. The molecule has 0 fully saturated rings. The number of rotatable bonds is 7. The van der Waals surface area contributed by atoms with Crippen molar-refractivity contribution in [3.63, 3.8) is 0 Å². The molecule has 0 aliphatic carbocycles. The van der Waals surface area contributed by atoms with Gasteiger partial charge >= 0.3 is 0 Å². The monoisotopic (exact) mass is 366 g/mol. The Bertz CT molecular complexity index is 916. The van der Waals surface area contributed by atoms with Gasteiger partial charge in [-0.2, -0.15) is 0 Å². The van der Waals surface area contributed by atoms with Crippen molar-refractivity contribution < 1.29 is 13.9 Å². The molecular weight excluding hydrogens is 347 g/mol. The number of carbonyl (C=O) groups is 1. The van der Waals surface area contributed by atoms with Crippen molar-refractivity contribution >= 4 is 17.4 Å². The van der Waals surface area contributed by atoms with Gasteiger partial charge < -0.3 is 15.4 Å². The van der Waals surface area contributed by atoms with E-state index >= 15 is 0 Å². The van der Waals surface area contributed by atoms with Gasteiger partial charge in [0.2, 0.25) is 0 Å². The van der Waals surface area contributed by atoms with E-state index in [4.69, 9.17) is 4.74 Å². The second-order valence-electron chi connectivity index (χ2n) is 5.78. The minimum absolute atomic E-state index is 0.213. The van der Waals surface area contributed by atoms with Gasteiger partial charge in [0.15, 0.2) is 0 Å². The van der Waals surface area contributed by atoms with Crippen LogP contribution in [0.2, 0.25) is 0 Å². The number of ether oxygens (including phenoxy) is 1. The van der Waals surface area contributed by atoms with Crippen LogP contribution >= 0.6 is 0 Å². The van der Waals surface area contributed by atoms with Crippen LogP contribution in [0, 0.1) is 5.82 Å². The molecule has 3 aromatic rings. The lowest BCUT2D eigenvalue weighted by Gasteiger charge is -2.08. The van der Waals surface area contributed by atoms with Crippen molar-refractivity contribution in [2.24, 2.45) is 0 Å². The summed E-state index contributed by atoms with van der Waals surface area (Å²) < 4.78 is 18.4. The summed E-state index contributed by atoms with van der Waals surface area (Å²) in [5.41, 5.74) is 1.83. The van der Waals surface area contributed by atoms with Gasteiger partial charge in [0.05, 0.1) is 19.5 Å². The van der Waals surface area contributed by atoms with Crippen LogP contribution in [0.4, 0.5) is 15.9 Å². The van der Waals surface area contributed by atoms with Crippen LogP contribution in [0.3, 0.4) is 0 Å². The number of nitrogens with zero attached hydrogens (tertiary/aromatic N) is 2. The Morgan fingerprint density at radius 1 is 1.11 bits per heavy atom. The van der Waals surface area contributed by atoms with Crippen molar-refractivity contribution in [1.29, 1.82) is 0 Å². The fraction of sp³-hybridized carbons (Fsp3) is 0.150. The highest BCUT2D eigenvalue weighted by Crippen LogP contribution is 2.15. The molecule has 2 aromatic carbocycles. The van der Waals surface area contributed by atoms with E-state index in [2.05, 4.69) is 20.6 Å². The van der Waals surface area contributed by atoms with Gasteiger partial charge in [-0.15, -0.1) is 0 Å². The van der Waals surface area contributed by atoms with Crippen LogP contribution in [-0.4, -0.2) is 29.5 Å². The second kappa shape index (κ2) is 8.75. The van der Waals surface area contributed by atoms with E-state index in [0.717, 1.165) is 11.3 Å². The molecule has 0 aliphatic rings. The lowest BCUT2D eigenvalue weighted by molar-refractivity contribution is 0.0949. The standard InChI is InChI=1S/C20H19FN4O2/c1-27-17-7-2-4-14(10-17)8-9-22-20(26)18-12-24-19(13-23-18)25-16-6-3-5-15(21)11-16/h2-7,10-13H,8-9H2,1H3,(H,22,26)(H,24,25). The molecule has 2 N–H and O–H groups in total. The topological polar surface area (TPSA) is 76.1 Å². The summed E-state index contributed by atoms with van der Waals surface area (Å²) >= 11 is 0. The maximum atomic E-state index is 13.2. The molecule has 0 aliphatic heterocycles. The van der Waals surface area contributed by atoms with Crippen LogP contribution in [0.5, 0.6) is 5.75 Å². The first-order valence-electron chi connectivity index (χ1n) is 8.40. The molecule has 1 amide bonds. The summed E-state index contributed by atoms with van der Waals surface area (Å²) in [5.74, 6) is 0.558. The van der Waals surface area contributed by atoms with Gasteiger partial charge in [-0.3, -0.25) is 4.79 Å². The van der Waals surface area contributed by atoms with E-state index in [1.165, 1.54) is 24.5 Å².